The van der Waals surface area contributed by atoms with Crippen molar-refractivity contribution in [1.82, 2.24) is 15.0 Å². The fourth-order valence-electron chi connectivity index (χ4n) is 2.58. The molecule has 0 fully saturated rings. The van der Waals surface area contributed by atoms with E-state index in [1.807, 2.05) is 54.7 Å². The molecule has 0 radical (unpaired) electrons. The number of nitrogens with zero attached hydrogens (tertiary/aromatic N) is 2. The quantitative estimate of drug-likeness (QED) is 0.586. The summed E-state index contributed by atoms with van der Waals surface area (Å²) in [6.45, 7) is 0. The fourth-order valence-corrected chi connectivity index (χ4v) is 2.58. The van der Waals surface area contributed by atoms with E-state index in [0.717, 1.165) is 39.5 Å². The molecular weight excluding hydrogens is 300 g/mol. The third kappa shape index (κ3) is 2.79. The van der Waals surface area contributed by atoms with Gasteiger partial charge in [-0.15, -0.1) is 0 Å². The number of benzene rings is 1. The number of fused-ring (bicyclic) bond motifs is 1. The van der Waals surface area contributed by atoms with Gasteiger partial charge in [0.1, 0.15) is 11.6 Å². The van der Waals surface area contributed by atoms with Gasteiger partial charge < -0.3 is 15.0 Å². The molecule has 3 aromatic heterocycles. The number of H-pyrrole nitrogens is 1. The summed E-state index contributed by atoms with van der Waals surface area (Å²) in [7, 11) is 1.66. The summed E-state index contributed by atoms with van der Waals surface area (Å²) in [5, 5.41) is 4.35. The van der Waals surface area contributed by atoms with Gasteiger partial charge in [-0.3, -0.25) is 4.98 Å². The summed E-state index contributed by atoms with van der Waals surface area (Å²) < 4.78 is 5.17. The Morgan fingerprint density at radius 1 is 1.00 bits per heavy atom. The Morgan fingerprint density at radius 3 is 2.62 bits per heavy atom. The minimum Gasteiger partial charge on any atom is -0.497 e. The van der Waals surface area contributed by atoms with Gasteiger partial charge in [0.15, 0.2) is 0 Å². The second-order valence-electron chi connectivity index (χ2n) is 5.41. The number of pyridine rings is 2. The van der Waals surface area contributed by atoms with E-state index >= 15 is 0 Å². The highest BCUT2D eigenvalue weighted by Crippen LogP contribution is 2.25. The molecule has 1 aromatic carbocycles. The van der Waals surface area contributed by atoms with Crippen molar-refractivity contribution in [2.75, 3.05) is 12.4 Å². The molecule has 3 heterocycles. The highest BCUT2D eigenvalue weighted by atomic mass is 16.5. The zero-order valence-corrected chi connectivity index (χ0v) is 13.2. The predicted octanol–water partition coefficient (Wildman–Crippen LogP) is 4.38. The Bertz CT molecular complexity index is 962. The molecule has 4 rings (SSSR count). The molecule has 24 heavy (non-hydrogen) atoms. The van der Waals surface area contributed by atoms with Gasteiger partial charge in [-0.05, 0) is 42.5 Å². The first kappa shape index (κ1) is 14.3. The molecule has 0 saturated carbocycles. The second-order valence-corrected chi connectivity index (χ2v) is 5.41. The lowest BCUT2D eigenvalue weighted by Crippen LogP contribution is -1.93. The number of ether oxygens (including phenoxy) is 1. The van der Waals surface area contributed by atoms with Crippen LogP contribution >= 0.6 is 0 Å². The summed E-state index contributed by atoms with van der Waals surface area (Å²) in [6.07, 6.45) is 3.64. The number of hydrogen-bond acceptors (Lipinski definition) is 4. The van der Waals surface area contributed by atoms with Crippen LogP contribution in [0.15, 0.2) is 67.0 Å². The molecule has 5 heteroatoms. The number of anilines is 2. The molecule has 0 amide bonds. The molecule has 0 aliphatic carbocycles. The summed E-state index contributed by atoms with van der Waals surface area (Å²) in [5.74, 6) is 1.61. The number of aromatic nitrogens is 3. The van der Waals surface area contributed by atoms with Gasteiger partial charge in [-0.2, -0.15) is 0 Å². The van der Waals surface area contributed by atoms with Crippen LogP contribution in [0.3, 0.4) is 0 Å². The Kier molecular flexibility index (Phi) is 3.59. The molecular formula is C19H16N4O. The zero-order valence-electron chi connectivity index (χ0n) is 13.2. The molecule has 118 valence electrons. The van der Waals surface area contributed by atoms with Gasteiger partial charge in [-0.1, -0.05) is 6.07 Å². The lowest BCUT2D eigenvalue weighted by Gasteiger charge is -2.06. The van der Waals surface area contributed by atoms with Gasteiger partial charge >= 0.3 is 0 Å². The van der Waals surface area contributed by atoms with Gasteiger partial charge in [-0.25, -0.2) is 4.98 Å². The molecule has 0 aliphatic rings. The molecule has 0 spiro atoms. The molecule has 0 aliphatic heterocycles. The van der Waals surface area contributed by atoms with Crippen molar-refractivity contribution in [2.45, 2.75) is 0 Å². The van der Waals surface area contributed by atoms with Crippen molar-refractivity contribution in [1.29, 1.82) is 0 Å². The van der Waals surface area contributed by atoms with Crippen LogP contribution in [-0.4, -0.2) is 22.1 Å². The van der Waals surface area contributed by atoms with E-state index in [4.69, 9.17) is 4.74 Å². The zero-order chi connectivity index (χ0) is 16.4. The third-order valence-corrected chi connectivity index (χ3v) is 3.81. The average Bonchev–Trinajstić information content (AvgIpc) is 3.06. The topological polar surface area (TPSA) is 62.8 Å². The Morgan fingerprint density at radius 2 is 1.88 bits per heavy atom. The lowest BCUT2D eigenvalue weighted by molar-refractivity contribution is 0.415. The summed E-state index contributed by atoms with van der Waals surface area (Å²) in [5.41, 5.74) is 3.87. The number of methoxy groups -OCH3 is 1. The highest BCUT2D eigenvalue weighted by Gasteiger charge is 2.06. The van der Waals surface area contributed by atoms with E-state index in [0.29, 0.717) is 0 Å². The first-order chi connectivity index (χ1) is 11.8. The molecule has 0 unspecified atom stereocenters. The molecule has 4 aromatic rings. The Hall–Kier alpha value is -3.34. The number of hydrogen-bond donors (Lipinski definition) is 2. The highest BCUT2D eigenvalue weighted by molar-refractivity contribution is 5.86. The standard InChI is InChI=1S/C19H16N4O/c1-24-15-7-5-14(6-8-15)22-19-11-17-13(12-21-19)10-18(23-17)16-4-2-3-9-20-16/h2-12,23H,1H3,(H,21,22). The van der Waals surface area contributed by atoms with E-state index in [2.05, 4.69) is 26.3 Å². The van der Waals surface area contributed by atoms with Crippen LogP contribution in [0.1, 0.15) is 0 Å². The molecule has 0 atom stereocenters. The van der Waals surface area contributed by atoms with E-state index in [-0.39, 0.29) is 0 Å². The largest absolute Gasteiger partial charge is 0.497 e. The predicted molar refractivity (Wildman–Crippen MR) is 95.6 cm³/mol. The average molecular weight is 316 g/mol. The monoisotopic (exact) mass is 316 g/mol. The van der Waals surface area contributed by atoms with Crippen LogP contribution in [-0.2, 0) is 0 Å². The van der Waals surface area contributed by atoms with E-state index in [9.17, 15) is 0 Å². The maximum Gasteiger partial charge on any atom is 0.132 e. The maximum absolute atomic E-state index is 5.17. The number of nitrogens with one attached hydrogen (secondary N) is 2. The third-order valence-electron chi connectivity index (χ3n) is 3.81. The van der Waals surface area contributed by atoms with Gasteiger partial charge in [0, 0.05) is 29.5 Å². The van der Waals surface area contributed by atoms with Crippen molar-refractivity contribution < 1.29 is 4.74 Å². The minimum absolute atomic E-state index is 0.780. The van der Waals surface area contributed by atoms with Crippen LogP contribution in [0.25, 0.3) is 22.3 Å². The fraction of sp³-hybridized carbons (Fsp3) is 0.0526. The minimum atomic E-state index is 0.780. The van der Waals surface area contributed by atoms with E-state index in [1.54, 1.807) is 13.3 Å². The summed E-state index contributed by atoms with van der Waals surface area (Å²) in [4.78, 5) is 12.2. The van der Waals surface area contributed by atoms with Crippen molar-refractivity contribution >= 4 is 22.4 Å². The molecule has 5 nitrogen and oxygen atoms in total. The van der Waals surface area contributed by atoms with Gasteiger partial charge in [0.2, 0.25) is 0 Å². The first-order valence-corrected chi connectivity index (χ1v) is 7.63. The normalized spacial score (nSPS) is 10.7. The van der Waals surface area contributed by atoms with Crippen LogP contribution in [0.4, 0.5) is 11.5 Å². The van der Waals surface area contributed by atoms with Crippen molar-refractivity contribution in [3.05, 3.63) is 67.0 Å². The molecule has 2 N–H and O–H groups in total. The van der Waals surface area contributed by atoms with Crippen molar-refractivity contribution in [3.8, 4) is 17.1 Å². The van der Waals surface area contributed by atoms with Gasteiger partial charge in [0.25, 0.3) is 0 Å². The SMILES string of the molecule is COc1ccc(Nc2cc3[nH]c(-c4ccccn4)cc3cn2)cc1. The van der Waals surface area contributed by atoms with Crippen LogP contribution in [0.5, 0.6) is 5.75 Å². The van der Waals surface area contributed by atoms with Crippen LogP contribution < -0.4 is 10.1 Å². The van der Waals surface area contributed by atoms with Crippen LogP contribution in [0, 0.1) is 0 Å². The second kappa shape index (κ2) is 6.04. The van der Waals surface area contributed by atoms with Crippen LogP contribution in [0.2, 0.25) is 0 Å². The maximum atomic E-state index is 5.17. The van der Waals surface area contributed by atoms with Crippen molar-refractivity contribution in [3.63, 3.8) is 0 Å². The first-order valence-electron chi connectivity index (χ1n) is 7.63. The van der Waals surface area contributed by atoms with E-state index in [1.165, 1.54) is 0 Å². The van der Waals surface area contributed by atoms with E-state index < -0.39 is 0 Å². The smallest absolute Gasteiger partial charge is 0.132 e. The molecule has 0 bridgehead atoms. The number of aromatic amines is 1. The Labute approximate surface area is 139 Å². The molecule has 0 saturated heterocycles. The summed E-state index contributed by atoms with van der Waals surface area (Å²) >= 11 is 0. The number of rotatable bonds is 4. The van der Waals surface area contributed by atoms with Gasteiger partial charge in [0.05, 0.1) is 24.0 Å². The lowest BCUT2D eigenvalue weighted by atomic mass is 10.2. The Balaban J connectivity index is 1.63. The van der Waals surface area contributed by atoms with Crippen molar-refractivity contribution in [2.24, 2.45) is 0 Å². The summed E-state index contributed by atoms with van der Waals surface area (Å²) in [6, 6.07) is 17.6.